The Morgan fingerprint density at radius 3 is 2.47 bits per heavy atom. The first-order valence-electron chi connectivity index (χ1n) is 5.61. The first kappa shape index (κ1) is 13.6. The third-order valence-corrected chi connectivity index (χ3v) is 2.46. The van der Waals surface area contributed by atoms with Crippen molar-refractivity contribution in [2.24, 2.45) is 0 Å². The van der Waals surface area contributed by atoms with E-state index in [0.717, 1.165) is 0 Å². The zero-order valence-corrected chi connectivity index (χ0v) is 10.6. The van der Waals surface area contributed by atoms with Crippen molar-refractivity contribution in [3.05, 3.63) is 11.4 Å². The summed E-state index contributed by atoms with van der Waals surface area (Å²) in [4.78, 5) is 11.0. The summed E-state index contributed by atoms with van der Waals surface area (Å²) in [6.45, 7) is 7.66. The maximum absolute atomic E-state index is 11.0. The van der Waals surface area contributed by atoms with Crippen molar-refractivity contribution in [3.63, 3.8) is 0 Å². The fourth-order valence-corrected chi connectivity index (χ4v) is 1.59. The van der Waals surface area contributed by atoms with E-state index in [2.05, 4.69) is 10.3 Å². The average Bonchev–Trinajstić information content (AvgIpc) is 2.56. The van der Waals surface area contributed by atoms with Gasteiger partial charge < -0.3 is 10.2 Å². The maximum Gasteiger partial charge on any atom is 0.358 e. The highest BCUT2D eigenvalue weighted by Crippen LogP contribution is 2.19. The van der Waals surface area contributed by atoms with Gasteiger partial charge in [0.25, 0.3) is 0 Å². The van der Waals surface area contributed by atoms with E-state index in [4.69, 9.17) is 5.11 Å². The van der Waals surface area contributed by atoms with Crippen molar-refractivity contribution >= 4 is 5.97 Å². The van der Waals surface area contributed by atoms with Gasteiger partial charge in [-0.15, -0.1) is 5.10 Å². The number of carbonyl (C=O) groups is 1. The van der Waals surface area contributed by atoms with E-state index in [0.29, 0.717) is 18.7 Å². The quantitative estimate of drug-likeness (QED) is 0.810. The Morgan fingerprint density at radius 1 is 1.47 bits per heavy atom. The van der Waals surface area contributed by atoms with Gasteiger partial charge in [0, 0.05) is 6.54 Å². The summed E-state index contributed by atoms with van der Waals surface area (Å²) in [5.74, 6) is -1.04. The molecule has 2 N–H and O–H groups in total. The Bertz CT molecular complexity index is 405. The molecule has 0 bridgehead atoms. The van der Waals surface area contributed by atoms with Crippen LogP contribution in [0.25, 0.3) is 0 Å². The predicted octanol–water partition coefficient (Wildman–Crippen LogP) is 1.26. The molecule has 1 aromatic heterocycles. The lowest BCUT2D eigenvalue weighted by atomic mass is 10.0. The highest BCUT2D eigenvalue weighted by atomic mass is 16.4. The molecule has 0 aromatic carbocycles. The molecule has 0 aliphatic rings. The minimum Gasteiger partial charge on any atom is -0.476 e. The van der Waals surface area contributed by atoms with Crippen molar-refractivity contribution in [1.29, 1.82) is 0 Å². The third kappa shape index (κ3) is 3.52. The normalized spacial score (nSPS) is 12.1. The Morgan fingerprint density at radius 2 is 2.06 bits per heavy atom. The lowest BCUT2D eigenvalue weighted by Crippen LogP contribution is -2.22. The fraction of sp³-hybridized carbons (Fsp3) is 0.727. The van der Waals surface area contributed by atoms with Crippen LogP contribution in [0.2, 0.25) is 0 Å². The largest absolute Gasteiger partial charge is 0.476 e. The molecule has 0 fully saturated rings. The van der Waals surface area contributed by atoms with Crippen LogP contribution in [-0.2, 0) is 6.54 Å². The van der Waals surface area contributed by atoms with Crippen LogP contribution in [0.3, 0.4) is 0 Å². The number of aromatic carboxylic acids is 1. The lowest BCUT2D eigenvalue weighted by Gasteiger charge is -2.18. The number of hydrogen-bond acceptors (Lipinski definition) is 4. The molecule has 0 saturated carbocycles. The SMILES string of the molecule is CC(C)c1c(C(=O)O)nnn1CCC(C)(C)O. The number of rotatable bonds is 5. The molecule has 6 nitrogen and oxygen atoms in total. The molecule has 0 aliphatic carbocycles. The molecule has 17 heavy (non-hydrogen) atoms. The highest BCUT2D eigenvalue weighted by molar-refractivity contribution is 5.86. The number of aromatic nitrogens is 3. The molecule has 0 spiro atoms. The monoisotopic (exact) mass is 241 g/mol. The number of aliphatic hydroxyl groups is 1. The zero-order chi connectivity index (χ0) is 13.2. The molecular formula is C11H19N3O3. The molecule has 0 saturated heterocycles. The molecule has 6 heteroatoms. The first-order valence-corrected chi connectivity index (χ1v) is 5.61. The summed E-state index contributed by atoms with van der Waals surface area (Å²) in [7, 11) is 0. The van der Waals surface area contributed by atoms with Crippen LogP contribution < -0.4 is 0 Å². The Kier molecular flexibility index (Phi) is 3.87. The average molecular weight is 241 g/mol. The van der Waals surface area contributed by atoms with Gasteiger partial charge in [-0.25, -0.2) is 9.48 Å². The van der Waals surface area contributed by atoms with Gasteiger partial charge in [-0.1, -0.05) is 19.1 Å². The minimum absolute atomic E-state index is 0.00394. The molecule has 0 radical (unpaired) electrons. The molecule has 1 rings (SSSR count). The van der Waals surface area contributed by atoms with E-state index >= 15 is 0 Å². The molecule has 0 atom stereocenters. The Hall–Kier alpha value is -1.43. The number of nitrogens with zero attached hydrogens (tertiary/aromatic N) is 3. The van der Waals surface area contributed by atoms with Crippen LogP contribution in [0, 0.1) is 0 Å². The van der Waals surface area contributed by atoms with Crippen LogP contribution in [0.4, 0.5) is 0 Å². The summed E-state index contributed by atoms with van der Waals surface area (Å²) in [6, 6.07) is 0. The van der Waals surface area contributed by atoms with E-state index in [1.807, 2.05) is 13.8 Å². The molecule has 0 unspecified atom stereocenters. The Labute approximate surface area is 100 Å². The van der Waals surface area contributed by atoms with E-state index in [1.165, 1.54) is 0 Å². The van der Waals surface area contributed by atoms with Crippen molar-refractivity contribution in [1.82, 2.24) is 15.0 Å². The molecule has 1 aromatic rings. The van der Waals surface area contributed by atoms with Crippen molar-refractivity contribution in [3.8, 4) is 0 Å². The fourth-order valence-electron chi connectivity index (χ4n) is 1.59. The summed E-state index contributed by atoms with van der Waals surface area (Å²) in [5, 5.41) is 26.1. The number of carboxylic acids is 1. The number of carboxylic acid groups (broad SMARTS) is 1. The van der Waals surface area contributed by atoms with E-state index in [9.17, 15) is 9.90 Å². The zero-order valence-electron chi connectivity index (χ0n) is 10.6. The van der Waals surface area contributed by atoms with Crippen LogP contribution >= 0.6 is 0 Å². The molecule has 0 amide bonds. The van der Waals surface area contributed by atoms with Crippen molar-refractivity contribution < 1.29 is 15.0 Å². The van der Waals surface area contributed by atoms with Gasteiger partial charge in [0.1, 0.15) is 0 Å². The van der Waals surface area contributed by atoms with Crippen LogP contribution in [0.5, 0.6) is 0 Å². The van der Waals surface area contributed by atoms with Crippen LogP contribution in [0.15, 0.2) is 0 Å². The summed E-state index contributed by atoms with van der Waals surface area (Å²) < 4.78 is 1.56. The molecule has 0 aliphatic heterocycles. The van der Waals surface area contributed by atoms with E-state index < -0.39 is 11.6 Å². The highest BCUT2D eigenvalue weighted by Gasteiger charge is 2.22. The second-order valence-corrected chi connectivity index (χ2v) is 5.07. The van der Waals surface area contributed by atoms with Gasteiger partial charge >= 0.3 is 5.97 Å². The summed E-state index contributed by atoms with van der Waals surface area (Å²) >= 11 is 0. The van der Waals surface area contributed by atoms with E-state index in [-0.39, 0.29) is 11.6 Å². The summed E-state index contributed by atoms with van der Waals surface area (Å²) in [5.41, 5.74) is -0.207. The molecule has 1 heterocycles. The van der Waals surface area contributed by atoms with Gasteiger partial charge in [0.05, 0.1) is 11.3 Å². The van der Waals surface area contributed by atoms with Crippen molar-refractivity contribution in [2.45, 2.75) is 52.2 Å². The van der Waals surface area contributed by atoms with Gasteiger partial charge in [0.15, 0.2) is 5.69 Å². The first-order chi connectivity index (χ1) is 7.72. The smallest absolute Gasteiger partial charge is 0.358 e. The van der Waals surface area contributed by atoms with Gasteiger partial charge in [-0.3, -0.25) is 0 Å². The minimum atomic E-state index is -1.07. The number of aryl methyl sites for hydroxylation is 1. The van der Waals surface area contributed by atoms with Gasteiger partial charge in [0.2, 0.25) is 0 Å². The second kappa shape index (κ2) is 4.83. The second-order valence-electron chi connectivity index (χ2n) is 5.07. The number of hydrogen-bond donors (Lipinski definition) is 2. The van der Waals surface area contributed by atoms with Crippen molar-refractivity contribution in [2.75, 3.05) is 0 Å². The third-order valence-electron chi connectivity index (χ3n) is 2.46. The topological polar surface area (TPSA) is 88.2 Å². The molecule has 96 valence electrons. The van der Waals surface area contributed by atoms with Gasteiger partial charge in [-0.05, 0) is 26.2 Å². The maximum atomic E-state index is 11.0. The van der Waals surface area contributed by atoms with Crippen LogP contribution in [0.1, 0.15) is 56.2 Å². The van der Waals surface area contributed by atoms with Gasteiger partial charge in [-0.2, -0.15) is 0 Å². The standard InChI is InChI=1S/C11H19N3O3/c1-7(2)9-8(10(15)16)12-13-14(9)6-5-11(3,4)17/h7,17H,5-6H2,1-4H3,(H,15,16). The van der Waals surface area contributed by atoms with E-state index in [1.54, 1.807) is 18.5 Å². The molecular weight excluding hydrogens is 222 g/mol. The lowest BCUT2D eigenvalue weighted by molar-refractivity contribution is 0.0646. The Balaban J connectivity index is 2.97. The predicted molar refractivity (Wildman–Crippen MR) is 62.0 cm³/mol. The summed E-state index contributed by atoms with van der Waals surface area (Å²) in [6.07, 6.45) is 0.495. The van der Waals surface area contributed by atoms with Crippen LogP contribution in [-0.4, -0.2) is 36.8 Å².